The van der Waals surface area contributed by atoms with Gasteiger partial charge < -0.3 is 15.2 Å². The molecule has 1 aromatic heterocycles. The van der Waals surface area contributed by atoms with Crippen LogP contribution in [0.4, 0.5) is 10.7 Å². The summed E-state index contributed by atoms with van der Waals surface area (Å²) in [5.41, 5.74) is 7.86. The van der Waals surface area contributed by atoms with Crippen LogP contribution in [0.25, 0.3) is 0 Å². The second-order valence-electron chi connectivity index (χ2n) is 6.64. The summed E-state index contributed by atoms with van der Waals surface area (Å²) < 4.78 is 10.5. The first-order valence-corrected chi connectivity index (χ1v) is 9.83. The predicted molar refractivity (Wildman–Crippen MR) is 113 cm³/mol. The van der Waals surface area contributed by atoms with E-state index in [4.69, 9.17) is 15.2 Å². The number of nitro groups is 1. The standard InChI is InChI=1S/C21H17N3O5S/c1-12-18(7-13-5-3-2-4-6-13)30-21(19(12)20(22)25)23-10-14-8-16-17(29-11-28-16)9-15(14)24(26)27/h2-6,8-10H,7,11H2,1H3,(H2,22,25)/b23-10+. The number of ether oxygens (including phenoxy) is 2. The molecule has 0 radical (unpaired) electrons. The van der Waals surface area contributed by atoms with Crippen molar-refractivity contribution in [3.8, 4) is 11.5 Å². The number of benzene rings is 2. The smallest absolute Gasteiger partial charge is 0.282 e. The number of nitrogens with two attached hydrogens (primary N) is 1. The predicted octanol–water partition coefficient (Wildman–Crippen LogP) is 4.13. The van der Waals surface area contributed by atoms with Crippen molar-refractivity contribution in [1.82, 2.24) is 0 Å². The Balaban J connectivity index is 1.73. The maximum atomic E-state index is 12.1. The Morgan fingerprint density at radius 2 is 1.97 bits per heavy atom. The Morgan fingerprint density at radius 3 is 2.63 bits per heavy atom. The third-order valence-corrected chi connectivity index (χ3v) is 5.92. The number of carbonyl (C=O) groups is 1. The monoisotopic (exact) mass is 423 g/mol. The van der Waals surface area contributed by atoms with Gasteiger partial charge in [0.1, 0.15) is 5.00 Å². The fourth-order valence-electron chi connectivity index (χ4n) is 3.21. The fraction of sp³-hybridized carbons (Fsp3) is 0.143. The Hall–Kier alpha value is -3.72. The molecule has 8 nitrogen and oxygen atoms in total. The molecule has 0 unspecified atom stereocenters. The molecule has 0 spiro atoms. The lowest BCUT2D eigenvalue weighted by atomic mass is 10.1. The molecular formula is C21H17N3O5S. The summed E-state index contributed by atoms with van der Waals surface area (Å²) in [4.78, 5) is 28.3. The van der Waals surface area contributed by atoms with E-state index in [-0.39, 0.29) is 18.0 Å². The zero-order valence-corrected chi connectivity index (χ0v) is 16.8. The normalized spacial score (nSPS) is 12.4. The van der Waals surface area contributed by atoms with Gasteiger partial charge in [-0.05, 0) is 24.1 Å². The molecule has 0 bridgehead atoms. The number of hydrogen-bond donors (Lipinski definition) is 1. The Morgan fingerprint density at radius 1 is 1.27 bits per heavy atom. The summed E-state index contributed by atoms with van der Waals surface area (Å²) >= 11 is 1.34. The van der Waals surface area contributed by atoms with Gasteiger partial charge >= 0.3 is 0 Å². The zero-order valence-electron chi connectivity index (χ0n) is 16.0. The van der Waals surface area contributed by atoms with Crippen LogP contribution in [0.2, 0.25) is 0 Å². The average molecular weight is 423 g/mol. The van der Waals surface area contributed by atoms with Gasteiger partial charge in [0.25, 0.3) is 11.6 Å². The lowest BCUT2D eigenvalue weighted by Gasteiger charge is -2.01. The number of amides is 1. The van der Waals surface area contributed by atoms with Crippen molar-refractivity contribution in [1.29, 1.82) is 0 Å². The summed E-state index contributed by atoms with van der Waals surface area (Å²) in [6.45, 7) is 1.84. The van der Waals surface area contributed by atoms with Crippen molar-refractivity contribution in [2.75, 3.05) is 6.79 Å². The molecule has 0 saturated carbocycles. The molecule has 3 aromatic rings. The first-order chi connectivity index (χ1) is 14.4. The number of nitrogens with zero attached hydrogens (tertiary/aromatic N) is 2. The van der Waals surface area contributed by atoms with E-state index in [2.05, 4.69) is 4.99 Å². The Kier molecular flexibility index (Phi) is 5.20. The molecule has 1 aliphatic rings. The minimum atomic E-state index is -0.588. The van der Waals surface area contributed by atoms with Crippen molar-refractivity contribution in [2.24, 2.45) is 10.7 Å². The van der Waals surface area contributed by atoms with Crippen LogP contribution in [0.15, 0.2) is 47.5 Å². The molecular weight excluding hydrogens is 406 g/mol. The molecule has 9 heteroatoms. The van der Waals surface area contributed by atoms with E-state index in [0.717, 1.165) is 16.0 Å². The zero-order chi connectivity index (χ0) is 21.3. The minimum Gasteiger partial charge on any atom is -0.454 e. The van der Waals surface area contributed by atoms with Crippen LogP contribution in [-0.4, -0.2) is 23.8 Å². The number of fused-ring (bicyclic) bond motifs is 1. The van der Waals surface area contributed by atoms with E-state index < -0.39 is 10.8 Å². The molecule has 0 atom stereocenters. The topological polar surface area (TPSA) is 117 Å². The van der Waals surface area contributed by atoms with Crippen molar-refractivity contribution < 1.29 is 19.2 Å². The van der Waals surface area contributed by atoms with Crippen LogP contribution < -0.4 is 15.2 Å². The average Bonchev–Trinajstić information content (AvgIpc) is 3.30. The first-order valence-electron chi connectivity index (χ1n) is 9.02. The molecule has 2 aromatic carbocycles. The molecule has 0 aliphatic carbocycles. The van der Waals surface area contributed by atoms with Gasteiger partial charge in [-0.15, -0.1) is 11.3 Å². The van der Waals surface area contributed by atoms with E-state index >= 15 is 0 Å². The minimum absolute atomic E-state index is 0.00583. The summed E-state index contributed by atoms with van der Waals surface area (Å²) in [5, 5.41) is 11.9. The van der Waals surface area contributed by atoms with Crippen molar-refractivity contribution >= 4 is 34.1 Å². The molecule has 0 saturated heterocycles. The van der Waals surface area contributed by atoms with Crippen LogP contribution >= 0.6 is 11.3 Å². The number of aliphatic imine (C=N–C) groups is 1. The lowest BCUT2D eigenvalue weighted by Crippen LogP contribution is -2.11. The number of nitro benzene ring substituents is 1. The third-order valence-electron chi connectivity index (χ3n) is 4.72. The van der Waals surface area contributed by atoms with E-state index in [9.17, 15) is 14.9 Å². The second-order valence-corrected chi connectivity index (χ2v) is 7.72. The van der Waals surface area contributed by atoms with Gasteiger partial charge in [0.2, 0.25) is 6.79 Å². The summed E-state index contributed by atoms with van der Waals surface area (Å²) in [6.07, 6.45) is 1.99. The number of carbonyl (C=O) groups excluding carboxylic acids is 1. The molecule has 0 fully saturated rings. The lowest BCUT2D eigenvalue weighted by molar-refractivity contribution is -0.385. The van der Waals surface area contributed by atoms with Crippen molar-refractivity contribution in [3.63, 3.8) is 0 Å². The van der Waals surface area contributed by atoms with Gasteiger partial charge in [0, 0.05) is 17.5 Å². The van der Waals surface area contributed by atoms with E-state index in [1.807, 2.05) is 37.3 Å². The van der Waals surface area contributed by atoms with Gasteiger partial charge in [-0.1, -0.05) is 30.3 Å². The van der Waals surface area contributed by atoms with Gasteiger partial charge in [-0.25, -0.2) is 4.99 Å². The van der Waals surface area contributed by atoms with Crippen LogP contribution in [0.1, 0.15) is 31.9 Å². The highest BCUT2D eigenvalue weighted by Gasteiger charge is 2.23. The quantitative estimate of drug-likeness (QED) is 0.363. The SMILES string of the molecule is Cc1c(Cc2ccccc2)sc(/N=C/c2cc3c(cc2[N+](=O)[O-])OCO3)c1C(N)=O. The van der Waals surface area contributed by atoms with Crippen molar-refractivity contribution in [2.45, 2.75) is 13.3 Å². The number of thiophene rings is 1. The van der Waals surface area contributed by atoms with E-state index in [1.54, 1.807) is 0 Å². The maximum Gasteiger partial charge on any atom is 0.282 e. The maximum absolute atomic E-state index is 12.1. The molecule has 2 N–H and O–H groups in total. The second kappa shape index (κ2) is 7.96. The summed E-state index contributed by atoms with van der Waals surface area (Å²) in [6, 6.07) is 12.6. The van der Waals surface area contributed by atoms with E-state index in [1.165, 1.54) is 29.7 Å². The largest absolute Gasteiger partial charge is 0.454 e. The van der Waals surface area contributed by atoms with Crippen LogP contribution in [0.5, 0.6) is 11.5 Å². The van der Waals surface area contributed by atoms with Crippen LogP contribution in [0, 0.1) is 17.0 Å². The van der Waals surface area contributed by atoms with Crippen LogP contribution in [0.3, 0.4) is 0 Å². The number of hydrogen-bond acceptors (Lipinski definition) is 7. The van der Waals surface area contributed by atoms with Gasteiger partial charge in [0.15, 0.2) is 11.5 Å². The summed E-state index contributed by atoms with van der Waals surface area (Å²) in [7, 11) is 0. The van der Waals surface area contributed by atoms with Gasteiger partial charge in [-0.3, -0.25) is 14.9 Å². The van der Waals surface area contributed by atoms with Gasteiger partial charge in [0.05, 0.1) is 22.1 Å². The molecule has 1 amide bonds. The first kappa shape index (κ1) is 19.6. The Labute approximate surface area is 175 Å². The molecule has 1 aliphatic heterocycles. The highest BCUT2D eigenvalue weighted by Crippen LogP contribution is 2.39. The number of primary amides is 1. The molecule has 2 heterocycles. The fourth-order valence-corrected chi connectivity index (χ4v) is 4.40. The summed E-state index contributed by atoms with van der Waals surface area (Å²) in [5.74, 6) is 0.133. The highest BCUT2D eigenvalue weighted by molar-refractivity contribution is 7.16. The van der Waals surface area contributed by atoms with Crippen LogP contribution in [-0.2, 0) is 6.42 Å². The molecule has 4 rings (SSSR count). The molecule has 30 heavy (non-hydrogen) atoms. The highest BCUT2D eigenvalue weighted by atomic mass is 32.1. The Bertz CT molecular complexity index is 1170. The third kappa shape index (κ3) is 3.74. The molecule has 152 valence electrons. The number of rotatable bonds is 6. The van der Waals surface area contributed by atoms with E-state index in [0.29, 0.717) is 28.5 Å². The van der Waals surface area contributed by atoms with Crippen molar-refractivity contribution in [3.05, 3.63) is 79.7 Å². The van der Waals surface area contributed by atoms with Gasteiger partial charge in [-0.2, -0.15) is 0 Å².